The number of hydrogen-bond acceptors (Lipinski definition) is 5. The number of nitrogens with one attached hydrogen (secondary N) is 1. The van der Waals surface area contributed by atoms with Crippen LogP contribution in [0.5, 0.6) is 0 Å². The van der Waals surface area contributed by atoms with Gasteiger partial charge in [-0.3, -0.25) is 0 Å². The Morgan fingerprint density at radius 2 is 1.78 bits per heavy atom. The summed E-state index contributed by atoms with van der Waals surface area (Å²) in [7, 11) is -3.83. The lowest BCUT2D eigenvalue weighted by Gasteiger charge is -2.08. The van der Waals surface area contributed by atoms with E-state index in [4.69, 9.17) is 0 Å². The largest absolute Gasteiger partial charge is 0.471 e. The molecule has 11 heteroatoms. The topological polar surface area (TPSA) is 85.1 Å². The molecule has 0 amide bonds. The zero-order valence-electron chi connectivity index (χ0n) is 13.4. The molecule has 0 unspecified atom stereocenters. The Hall–Kier alpha value is -2.79. The highest BCUT2D eigenvalue weighted by Crippen LogP contribution is 2.29. The van der Waals surface area contributed by atoms with Crippen molar-refractivity contribution in [3.8, 4) is 11.4 Å². The van der Waals surface area contributed by atoms with E-state index >= 15 is 0 Å². The Morgan fingerprint density at radius 1 is 1.07 bits per heavy atom. The number of alkyl halides is 3. The summed E-state index contributed by atoms with van der Waals surface area (Å²) in [5.41, 5.74) is -0.0424. The van der Waals surface area contributed by atoms with Crippen molar-refractivity contribution in [1.82, 2.24) is 14.9 Å². The van der Waals surface area contributed by atoms with Gasteiger partial charge in [0.2, 0.25) is 15.8 Å². The van der Waals surface area contributed by atoms with E-state index in [1.807, 2.05) is 0 Å². The second-order valence-corrected chi connectivity index (χ2v) is 7.13. The predicted molar refractivity (Wildman–Crippen MR) is 85.2 cm³/mol. The molecule has 1 N–H and O–H groups in total. The third-order valence-corrected chi connectivity index (χ3v) is 4.90. The minimum Gasteiger partial charge on any atom is -0.329 e. The fourth-order valence-electron chi connectivity index (χ4n) is 2.14. The van der Waals surface area contributed by atoms with Crippen LogP contribution in [0.15, 0.2) is 57.9 Å². The van der Waals surface area contributed by atoms with Gasteiger partial charge in [-0.25, -0.2) is 17.5 Å². The van der Waals surface area contributed by atoms with Crippen LogP contribution in [-0.2, 0) is 22.7 Å². The molecule has 0 bridgehead atoms. The molecule has 0 radical (unpaired) electrons. The van der Waals surface area contributed by atoms with Crippen LogP contribution in [0.2, 0.25) is 0 Å². The standard InChI is InChI=1S/C16H11F4N3O3S/c17-13-8-10(14-22-15(26-23-14)16(18,19)20)6-7-11(13)9-21-27(24,25)12-4-2-1-3-5-12/h1-8,21H,9H2. The predicted octanol–water partition coefficient (Wildman–Crippen LogP) is 3.37. The van der Waals surface area contributed by atoms with Gasteiger partial charge in [-0.05, 0) is 18.2 Å². The van der Waals surface area contributed by atoms with E-state index < -0.39 is 33.7 Å². The van der Waals surface area contributed by atoms with Crippen molar-refractivity contribution in [2.24, 2.45) is 0 Å². The molecule has 3 aromatic rings. The first kappa shape index (κ1) is 19.0. The SMILES string of the molecule is O=S(=O)(NCc1ccc(-c2noc(C(F)(F)F)n2)cc1F)c1ccccc1. The van der Waals surface area contributed by atoms with Crippen LogP contribution in [-0.4, -0.2) is 18.6 Å². The number of benzene rings is 2. The minimum absolute atomic E-state index is 0.00204. The lowest BCUT2D eigenvalue weighted by molar-refractivity contribution is -0.159. The third-order valence-electron chi connectivity index (χ3n) is 3.49. The van der Waals surface area contributed by atoms with Crippen molar-refractivity contribution < 1.29 is 30.5 Å². The van der Waals surface area contributed by atoms with E-state index in [-0.39, 0.29) is 22.6 Å². The summed E-state index contributed by atoms with van der Waals surface area (Å²) in [4.78, 5) is 3.19. The van der Waals surface area contributed by atoms with Crippen LogP contribution < -0.4 is 4.72 Å². The zero-order valence-corrected chi connectivity index (χ0v) is 14.2. The van der Waals surface area contributed by atoms with E-state index in [9.17, 15) is 26.0 Å². The van der Waals surface area contributed by atoms with Gasteiger partial charge in [-0.1, -0.05) is 35.5 Å². The molecule has 1 heterocycles. The normalized spacial score (nSPS) is 12.3. The molecule has 0 aliphatic heterocycles. The summed E-state index contributed by atoms with van der Waals surface area (Å²) in [6, 6.07) is 10.9. The molecular formula is C16H11F4N3O3S. The van der Waals surface area contributed by atoms with Crippen molar-refractivity contribution in [2.45, 2.75) is 17.6 Å². The highest BCUT2D eigenvalue weighted by atomic mass is 32.2. The second kappa shape index (κ2) is 7.08. The van der Waals surface area contributed by atoms with Gasteiger partial charge in [0.05, 0.1) is 4.90 Å². The maximum atomic E-state index is 14.2. The van der Waals surface area contributed by atoms with Gasteiger partial charge in [0.25, 0.3) is 0 Å². The highest BCUT2D eigenvalue weighted by molar-refractivity contribution is 7.89. The van der Waals surface area contributed by atoms with Gasteiger partial charge >= 0.3 is 12.1 Å². The average Bonchev–Trinajstić information content (AvgIpc) is 3.12. The number of nitrogens with zero attached hydrogens (tertiary/aromatic N) is 2. The van der Waals surface area contributed by atoms with E-state index in [1.54, 1.807) is 18.2 Å². The van der Waals surface area contributed by atoms with Crippen molar-refractivity contribution in [3.05, 3.63) is 65.8 Å². The molecular weight excluding hydrogens is 390 g/mol. The number of aromatic nitrogens is 2. The Morgan fingerprint density at radius 3 is 2.37 bits per heavy atom. The Labute approximate surface area is 150 Å². The van der Waals surface area contributed by atoms with Crippen molar-refractivity contribution >= 4 is 10.0 Å². The van der Waals surface area contributed by atoms with Crippen LogP contribution in [0, 0.1) is 5.82 Å². The molecule has 0 fully saturated rings. The molecule has 0 spiro atoms. The number of halogens is 4. The molecule has 0 saturated heterocycles. The lowest BCUT2D eigenvalue weighted by atomic mass is 10.1. The van der Waals surface area contributed by atoms with Gasteiger partial charge in [-0.2, -0.15) is 18.2 Å². The molecule has 3 rings (SSSR count). The van der Waals surface area contributed by atoms with E-state index in [0.29, 0.717) is 0 Å². The molecule has 2 aromatic carbocycles. The van der Waals surface area contributed by atoms with Crippen LogP contribution in [0.4, 0.5) is 17.6 Å². The van der Waals surface area contributed by atoms with Gasteiger partial charge in [0.15, 0.2) is 0 Å². The molecule has 27 heavy (non-hydrogen) atoms. The molecule has 142 valence electrons. The summed E-state index contributed by atoms with van der Waals surface area (Å²) in [6.45, 7) is -0.344. The molecule has 0 atom stereocenters. The fourth-order valence-corrected chi connectivity index (χ4v) is 3.17. The Balaban J connectivity index is 1.77. The minimum atomic E-state index is -4.81. The number of hydrogen-bond donors (Lipinski definition) is 1. The van der Waals surface area contributed by atoms with Crippen LogP contribution >= 0.6 is 0 Å². The van der Waals surface area contributed by atoms with Crippen molar-refractivity contribution in [2.75, 3.05) is 0 Å². The maximum Gasteiger partial charge on any atom is 0.471 e. The summed E-state index contributed by atoms with van der Waals surface area (Å²) in [6.07, 6.45) is -4.81. The van der Waals surface area contributed by atoms with Gasteiger partial charge in [0, 0.05) is 17.7 Å². The molecule has 0 saturated carbocycles. The summed E-state index contributed by atoms with van der Waals surface area (Å²) in [5.74, 6) is -2.81. The van der Waals surface area contributed by atoms with Gasteiger partial charge in [0.1, 0.15) is 5.82 Å². The van der Waals surface area contributed by atoms with Crippen molar-refractivity contribution in [3.63, 3.8) is 0 Å². The first-order valence-electron chi connectivity index (χ1n) is 7.41. The van der Waals surface area contributed by atoms with Crippen LogP contribution in [0.3, 0.4) is 0 Å². The van der Waals surface area contributed by atoms with Crippen LogP contribution in [0.1, 0.15) is 11.5 Å². The van der Waals surface area contributed by atoms with Gasteiger partial charge in [-0.15, -0.1) is 0 Å². The molecule has 6 nitrogen and oxygen atoms in total. The van der Waals surface area contributed by atoms with E-state index in [1.165, 1.54) is 24.3 Å². The maximum absolute atomic E-state index is 14.2. The summed E-state index contributed by atoms with van der Waals surface area (Å²) < 4.78 is 82.2. The van der Waals surface area contributed by atoms with Crippen molar-refractivity contribution in [1.29, 1.82) is 0 Å². The lowest BCUT2D eigenvalue weighted by Crippen LogP contribution is -2.23. The zero-order chi connectivity index (χ0) is 19.7. The Bertz CT molecular complexity index is 1050. The number of sulfonamides is 1. The quantitative estimate of drug-likeness (QED) is 0.663. The van der Waals surface area contributed by atoms with Gasteiger partial charge < -0.3 is 4.52 Å². The first-order valence-corrected chi connectivity index (χ1v) is 8.89. The fraction of sp³-hybridized carbons (Fsp3) is 0.125. The summed E-state index contributed by atoms with van der Waals surface area (Å²) >= 11 is 0. The number of rotatable bonds is 5. The average molecular weight is 401 g/mol. The smallest absolute Gasteiger partial charge is 0.329 e. The Kier molecular flexibility index (Phi) is 4.98. The third kappa shape index (κ3) is 4.31. The molecule has 0 aliphatic carbocycles. The van der Waals surface area contributed by atoms with Crippen LogP contribution in [0.25, 0.3) is 11.4 Å². The monoisotopic (exact) mass is 401 g/mol. The highest BCUT2D eigenvalue weighted by Gasteiger charge is 2.38. The molecule has 1 aromatic heterocycles. The summed E-state index contributed by atoms with van der Waals surface area (Å²) in [5, 5.41) is 3.16. The van der Waals surface area contributed by atoms with E-state index in [0.717, 1.165) is 6.07 Å². The first-order chi connectivity index (χ1) is 12.7. The second-order valence-electron chi connectivity index (χ2n) is 5.36. The van der Waals surface area contributed by atoms with E-state index in [2.05, 4.69) is 19.4 Å². The molecule has 0 aliphatic rings.